The van der Waals surface area contributed by atoms with Crippen molar-refractivity contribution < 1.29 is 14.7 Å². The molecule has 0 fully saturated rings. The number of hydrogen-bond acceptors (Lipinski definition) is 4. The van der Waals surface area contributed by atoms with E-state index in [0.29, 0.717) is 17.9 Å². The van der Waals surface area contributed by atoms with Crippen LogP contribution >= 0.6 is 11.8 Å². The maximum Gasteiger partial charge on any atom is 0.326 e. The van der Waals surface area contributed by atoms with E-state index in [0.717, 1.165) is 5.69 Å². The van der Waals surface area contributed by atoms with Crippen molar-refractivity contribution in [3.8, 4) is 0 Å². The molecule has 0 saturated carbocycles. The standard InChI is InChI=1S/C14H21N3O3S/c1-17(2)11-6-4-5-10(9-11)15-14(20)16-12(13(18)19)7-8-21-3/h4-6,9,12H,7-8H2,1-3H3,(H,18,19)(H2,15,16,20)/t12-/m0/s1. The van der Waals surface area contributed by atoms with E-state index in [1.165, 1.54) is 0 Å². The van der Waals surface area contributed by atoms with Gasteiger partial charge in [-0.05, 0) is 36.6 Å². The van der Waals surface area contributed by atoms with Crippen LogP contribution in [0.15, 0.2) is 24.3 Å². The van der Waals surface area contributed by atoms with Crippen LogP contribution < -0.4 is 15.5 Å². The van der Waals surface area contributed by atoms with Crippen molar-refractivity contribution in [2.75, 3.05) is 36.3 Å². The van der Waals surface area contributed by atoms with Crippen LogP contribution in [-0.4, -0.2) is 49.3 Å². The Morgan fingerprint density at radius 2 is 2.10 bits per heavy atom. The Bertz CT molecular complexity index is 494. The summed E-state index contributed by atoms with van der Waals surface area (Å²) in [4.78, 5) is 24.9. The van der Waals surface area contributed by atoms with Crippen LogP contribution in [0.1, 0.15) is 6.42 Å². The highest BCUT2D eigenvalue weighted by Crippen LogP contribution is 2.17. The van der Waals surface area contributed by atoms with Crippen LogP contribution in [0, 0.1) is 0 Å². The second-order valence-electron chi connectivity index (χ2n) is 4.72. The Morgan fingerprint density at radius 1 is 1.38 bits per heavy atom. The van der Waals surface area contributed by atoms with Gasteiger partial charge in [-0.2, -0.15) is 11.8 Å². The van der Waals surface area contributed by atoms with Gasteiger partial charge >= 0.3 is 12.0 Å². The first-order valence-electron chi connectivity index (χ1n) is 6.50. The number of nitrogens with one attached hydrogen (secondary N) is 2. The lowest BCUT2D eigenvalue weighted by Crippen LogP contribution is -2.43. The molecule has 0 saturated heterocycles. The second-order valence-corrected chi connectivity index (χ2v) is 5.70. The molecule has 3 N–H and O–H groups in total. The molecular weight excluding hydrogens is 290 g/mol. The third-order valence-corrected chi connectivity index (χ3v) is 3.48. The van der Waals surface area contributed by atoms with Crippen molar-refractivity contribution in [2.45, 2.75) is 12.5 Å². The first-order valence-corrected chi connectivity index (χ1v) is 7.90. The number of benzene rings is 1. The summed E-state index contributed by atoms with van der Waals surface area (Å²) >= 11 is 1.54. The third kappa shape index (κ3) is 5.95. The van der Waals surface area contributed by atoms with Gasteiger partial charge in [-0.25, -0.2) is 9.59 Å². The molecule has 0 unspecified atom stereocenters. The maximum absolute atomic E-state index is 11.9. The number of hydrogen-bond donors (Lipinski definition) is 3. The molecule has 1 aromatic rings. The van der Waals surface area contributed by atoms with Gasteiger partial charge in [0.05, 0.1) is 0 Å². The summed E-state index contributed by atoms with van der Waals surface area (Å²) in [6, 6.07) is 5.92. The molecule has 2 amide bonds. The van der Waals surface area contributed by atoms with Crippen molar-refractivity contribution in [1.82, 2.24) is 5.32 Å². The first-order chi connectivity index (χ1) is 9.93. The van der Waals surface area contributed by atoms with Gasteiger partial charge in [-0.3, -0.25) is 0 Å². The van der Waals surface area contributed by atoms with Gasteiger partial charge in [0.2, 0.25) is 0 Å². The fourth-order valence-corrected chi connectivity index (χ4v) is 2.15. The summed E-state index contributed by atoms with van der Waals surface area (Å²) < 4.78 is 0. The molecule has 0 aliphatic carbocycles. The number of anilines is 2. The van der Waals surface area contributed by atoms with Gasteiger partial charge in [0.25, 0.3) is 0 Å². The number of carbonyl (C=O) groups is 2. The Hall–Kier alpha value is -1.89. The zero-order chi connectivity index (χ0) is 15.8. The van der Waals surface area contributed by atoms with Crippen LogP contribution in [0.3, 0.4) is 0 Å². The van der Waals surface area contributed by atoms with Gasteiger partial charge in [-0.15, -0.1) is 0 Å². The highest BCUT2D eigenvalue weighted by Gasteiger charge is 2.19. The molecule has 0 aliphatic heterocycles. The zero-order valence-electron chi connectivity index (χ0n) is 12.4. The number of rotatable bonds is 7. The largest absolute Gasteiger partial charge is 0.480 e. The van der Waals surface area contributed by atoms with Crippen molar-refractivity contribution in [3.05, 3.63) is 24.3 Å². The van der Waals surface area contributed by atoms with Crippen LogP contribution in [0.25, 0.3) is 0 Å². The molecule has 116 valence electrons. The van der Waals surface area contributed by atoms with E-state index in [4.69, 9.17) is 5.11 Å². The number of amides is 2. The average molecular weight is 311 g/mol. The molecule has 0 radical (unpaired) electrons. The SMILES string of the molecule is CSCC[C@H](NC(=O)Nc1cccc(N(C)C)c1)C(=O)O. The number of aliphatic carboxylic acids is 1. The molecule has 6 nitrogen and oxygen atoms in total. The number of carbonyl (C=O) groups excluding carboxylic acids is 1. The van der Waals surface area contributed by atoms with Crippen LogP contribution in [0.5, 0.6) is 0 Å². The number of urea groups is 1. The van der Waals surface area contributed by atoms with Crippen molar-refractivity contribution in [1.29, 1.82) is 0 Å². The minimum absolute atomic E-state index is 0.391. The van der Waals surface area contributed by atoms with E-state index in [2.05, 4.69) is 10.6 Å². The molecule has 0 aliphatic rings. The minimum atomic E-state index is -1.03. The van der Waals surface area contributed by atoms with Gasteiger partial charge in [0.1, 0.15) is 6.04 Å². The van der Waals surface area contributed by atoms with Crippen LogP contribution in [-0.2, 0) is 4.79 Å². The average Bonchev–Trinajstić information content (AvgIpc) is 2.43. The summed E-state index contributed by atoms with van der Waals surface area (Å²) in [6.07, 6.45) is 2.29. The Morgan fingerprint density at radius 3 is 2.67 bits per heavy atom. The van der Waals surface area contributed by atoms with E-state index < -0.39 is 18.0 Å². The van der Waals surface area contributed by atoms with Crippen molar-refractivity contribution in [2.24, 2.45) is 0 Å². The number of carboxylic acids is 1. The quantitative estimate of drug-likeness (QED) is 0.718. The van der Waals surface area contributed by atoms with E-state index >= 15 is 0 Å². The molecule has 1 atom stereocenters. The maximum atomic E-state index is 11.9. The summed E-state index contributed by atoms with van der Waals surface area (Å²) in [5.74, 6) is -0.353. The lowest BCUT2D eigenvalue weighted by Gasteiger charge is -2.16. The lowest BCUT2D eigenvalue weighted by atomic mass is 10.2. The van der Waals surface area contributed by atoms with Gasteiger partial charge in [-0.1, -0.05) is 6.07 Å². The normalized spacial score (nSPS) is 11.6. The second kappa shape index (κ2) is 8.41. The summed E-state index contributed by atoms with van der Waals surface area (Å²) in [6.45, 7) is 0. The van der Waals surface area contributed by atoms with Crippen LogP contribution in [0.4, 0.5) is 16.2 Å². The molecule has 7 heteroatoms. The number of thioether (sulfide) groups is 1. The Labute approximate surface area is 128 Å². The third-order valence-electron chi connectivity index (χ3n) is 2.83. The summed E-state index contributed by atoms with van der Waals surface area (Å²) in [5, 5.41) is 14.2. The molecular formula is C14H21N3O3S. The minimum Gasteiger partial charge on any atom is -0.480 e. The van der Waals surface area contributed by atoms with Gasteiger partial charge in [0.15, 0.2) is 0 Å². The fourth-order valence-electron chi connectivity index (χ4n) is 1.68. The van der Waals surface area contributed by atoms with E-state index in [1.54, 1.807) is 17.8 Å². The van der Waals surface area contributed by atoms with E-state index in [1.807, 2.05) is 43.5 Å². The number of carboxylic acid groups (broad SMARTS) is 1. The molecule has 0 spiro atoms. The Kier molecular flexibility index (Phi) is 6.87. The topological polar surface area (TPSA) is 81.7 Å². The van der Waals surface area contributed by atoms with Crippen molar-refractivity contribution in [3.63, 3.8) is 0 Å². The molecule has 1 rings (SSSR count). The van der Waals surface area contributed by atoms with E-state index in [-0.39, 0.29) is 0 Å². The fraction of sp³-hybridized carbons (Fsp3) is 0.429. The predicted molar refractivity (Wildman–Crippen MR) is 87.3 cm³/mol. The predicted octanol–water partition coefficient (Wildman–Crippen LogP) is 2.08. The summed E-state index contributed by atoms with van der Waals surface area (Å²) in [7, 11) is 3.81. The molecule has 1 aromatic carbocycles. The molecule has 0 heterocycles. The van der Waals surface area contributed by atoms with Crippen molar-refractivity contribution >= 4 is 35.1 Å². The summed E-state index contributed by atoms with van der Waals surface area (Å²) in [5.41, 5.74) is 1.57. The highest BCUT2D eigenvalue weighted by atomic mass is 32.2. The first kappa shape index (κ1) is 17.2. The lowest BCUT2D eigenvalue weighted by molar-refractivity contribution is -0.139. The Balaban J connectivity index is 2.63. The monoisotopic (exact) mass is 311 g/mol. The molecule has 21 heavy (non-hydrogen) atoms. The van der Waals surface area contributed by atoms with Crippen LogP contribution in [0.2, 0.25) is 0 Å². The van der Waals surface area contributed by atoms with Gasteiger partial charge < -0.3 is 20.6 Å². The number of nitrogens with zero attached hydrogens (tertiary/aromatic N) is 1. The zero-order valence-corrected chi connectivity index (χ0v) is 13.2. The molecule has 0 aromatic heterocycles. The smallest absolute Gasteiger partial charge is 0.326 e. The highest BCUT2D eigenvalue weighted by molar-refractivity contribution is 7.98. The van der Waals surface area contributed by atoms with Gasteiger partial charge in [0, 0.05) is 25.5 Å². The molecule has 0 bridgehead atoms. The van der Waals surface area contributed by atoms with E-state index in [9.17, 15) is 9.59 Å².